The van der Waals surface area contributed by atoms with Gasteiger partial charge in [0, 0.05) is 19.8 Å². The molecule has 1 heterocycles. The lowest BCUT2D eigenvalue weighted by atomic mass is 10.0. The monoisotopic (exact) mass is 295 g/mol. The van der Waals surface area contributed by atoms with E-state index < -0.39 is 18.3 Å². The highest BCUT2D eigenvalue weighted by molar-refractivity contribution is 4.79. The largest absolute Gasteiger partial charge is 0.394 e. The van der Waals surface area contributed by atoms with Crippen molar-refractivity contribution in [1.82, 2.24) is 0 Å². The van der Waals surface area contributed by atoms with E-state index in [0.29, 0.717) is 39.4 Å². The number of ether oxygens (including phenoxy) is 3. The maximum atomic E-state index is 9.10. The molecule has 0 aliphatic carbocycles. The van der Waals surface area contributed by atoms with Crippen LogP contribution in [0.4, 0.5) is 0 Å². The summed E-state index contributed by atoms with van der Waals surface area (Å²) in [5.41, 5.74) is 5.20. The fourth-order valence-corrected chi connectivity index (χ4v) is 1.57. The van der Waals surface area contributed by atoms with Gasteiger partial charge in [0.1, 0.15) is 12.2 Å². The second kappa shape index (κ2) is 13.7. The van der Waals surface area contributed by atoms with E-state index in [-0.39, 0.29) is 6.61 Å². The van der Waals surface area contributed by atoms with Gasteiger partial charge in [0.25, 0.3) is 0 Å². The Morgan fingerprint density at radius 3 is 2.30 bits per heavy atom. The highest BCUT2D eigenvalue weighted by Gasteiger charge is 2.30. The van der Waals surface area contributed by atoms with E-state index in [4.69, 9.17) is 35.3 Å². The van der Waals surface area contributed by atoms with Crippen LogP contribution in [-0.4, -0.2) is 79.8 Å². The van der Waals surface area contributed by atoms with Crippen LogP contribution in [0.2, 0.25) is 0 Å². The van der Waals surface area contributed by atoms with Crippen molar-refractivity contribution in [3.63, 3.8) is 0 Å². The number of hydrogen-bond acceptors (Lipinski definition) is 7. The normalized spacial score (nSPS) is 25.9. The van der Waals surface area contributed by atoms with E-state index in [1.54, 1.807) is 0 Å². The van der Waals surface area contributed by atoms with E-state index in [2.05, 4.69) is 6.92 Å². The van der Waals surface area contributed by atoms with Crippen molar-refractivity contribution in [2.75, 3.05) is 46.2 Å². The van der Waals surface area contributed by atoms with Gasteiger partial charge in [0.05, 0.1) is 32.5 Å². The lowest BCUT2D eigenvalue weighted by molar-refractivity contribution is -0.147. The summed E-state index contributed by atoms with van der Waals surface area (Å²) in [6.45, 7) is 5.66. The third-order valence-electron chi connectivity index (χ3n) is 2.68. The maximum absolute atomic E-state index is 9.10. The van der Waals surface area contributed by atoms with E-state index in [1.165, 1.54) is 0 Å². The molecule has 1 aliphatic rings. The third-order valence-corrected chi connectivity index (χ3v) is 2.68. The molecule has 1 rings (SSSR count). The molecule has 7 heteroatoms. The van der Waals surface area contributed by atoms with Crippen molar-refractivity contribution in [2.45, 2.75) is 38.1 Å². The Morgan fingerprint density at radius 1 is 1.15 bits per heavy atom. The van der Waals surface area contributed by atoms with Gasteiger partial charge in [-0.1, -0.05) is 6.92 Å². The Kier molecular flexibility index (Phi) is 13.5. The molecule has 20 heavy (non-hydrogen) atoms. The zero-order valence-electron chi connectivity index (χ0n) is 12.2. The van der Waals surface area contributed by atoms with Crippen molar-refractivity contribution >= 4 is 0 Å². The molecule has 0 aromatic carbocycles. The second-order valence-corrected chi connectivity index (χ2v) is 4.45. The molecule has 3 unspecified atom stereocenters. The molecule has 0 radical (unpaired) electrons. The summed E-state index contributed by atoms with van der Waals surface area (Å²) in [6, 6.07) is 0. The Labute approximate surface area is 120 Å². The predicted molar refractivity (Wildman–Crippen MR) is 74.4 cm³/mol. The Morgan fingerprint density at radius 2 is 1.80 bits per heavy atom. The van der Waals surface area contributed by atoms with Crippen LogP contribution in [-0.2, 0) is 14.2 Å². The van der Waals surface area contributed by atoms with E-state index in [0.717, 1.165) is 13.0 Å². The summed E-state index contributed by atoms with van der Waals surface area (Å²) in [5.74, 6) is 0. The second-order valence-electron chi connectivity index (χ2n) is 4.45. The molecule has 3 atom stereocenters. The Bertz CT molecular complexity index is 199. The van der Waals surface area contributed by atoms with Crippen molar-refractivity contribution in [2.24, 2.45) is 5.73 Å². The molecule has 0 spiro atoms. The van der Waals surface area contributed by atoms with Gasteiger partial charge in [-0.15, -0.1) is 0 Å². The summed E-state index contributed by atoms with van der Waals surface area (Å²) >= 11 is 0. The molecule has 1 saturated heterocycles. The lowest BCUT2D eigenvalue weighted by Crippen LogP contribution is -2.46. The van der Waals surface area contributed by atoms with Crippen LogP contribution >= 0.6 is 0 Å². The Hall–Kier alpha value is -0.280. The summed E-state index contributed by atoms with van der Waals surface area (Å²) in [5, 5.41) is 26.7. The molecule has 7 nitrogen and oxygen atoms in total. The first kappa shape index (κ1) is 19.7. The van der Waals surface area contributed by atoms with Gasteiger partial charge in [0.2, 0.25) is 0 Å². The first-order valence-electron chi connectivity index (χ1n) is 7.11. The van der Waals surface area contributed by atoms with Gasteiger partial charge in [0.15, 0.2) is 0 Å². The van der Waals surface area contributed by atoms with Crippen molar-refractivity contribution < 1.29 is 29.5 Å². The minimum atomic E-state index is -0.932. The molecule has 0 amide bonds. The third kappa shape index (κ3) is 9.60. The van der Waals surface area contributed by atoms with Crippen LogP contribution < -0.4 is 5.73 Å². The fraction of sp³-hybridized carbons (Fsp3) is 1.00. The average molecular weight is 295 g/mol. The number of hydrogen-bond donors (Lipinski definition) is 4. The summed E-state index contributed by atoms with van der Waals surface area (Å²) < 4.78 is 15.2. The smallest absolute Gasteiger partial charge is 0.109 e. The van der Waals surface area contributed by atoms with Gasteiger partial charge >= 0.3 is 0 Å². The number of nitrogens with two attached hydrogens (primary N) is 1. The first-order chi connectivity index (χ1) is 9.67. The summed E-state index contributed by atoms with van der Waals surface area (Å²) in [7, 11) is 0. The first-order valence-corrected chi connectivity index (χ1v) is 7.11. The molecule has 0 saturated carbocycles. The van der Waals surface area contributed by atoms with Crippen LogP contribution in [0, 0.1) is 0 Å². The molecule has 122 valence electrons. The van der Waals surface area contributed by atoms with Gasteiger partial charge in [-0.05, 0) is 12.8 Å². The van der Waals surface area contributed by atoms with Gasteiger partial charge in [-0.3, -0.25) is 0 Å². The number of aliphatic hydroxyl groups excluding tert-OH is 3. The minimum absolute atomic E-state index is 0.238. The standard InChI is InChI=1S/C7H17NO2.C6H12O4/c1-2-4-9-6-7-10-5-3-8;7-3-5-6(9)4(8)1-2-10-5/h2-8H2,1H3;4-9H,1-3H2. The average Bonchev–Trinajstić information content (AvgIpc) is 2.46. The molecule has 5 N–H and O–H groups in total. The molecular formula is C13H29NO6. The van der Waals surface area contributed by atoms with E-state index in [9.17, 15) is 0 Å². The van der Waals surface area contributed by atoms with Crippen molar-refractivity contribution in [1.29, 1.82) is 0 Å². The van der Waals surface area contributed by atoms with Crippen LogP contribution in [0.25, 0.3) is 0 Å². The SMILES string of the molecule is CCCOCCOCCN.OCC1OCCC(O)C1O. The molecule has 1 fully saturated rings. The molecular weight excluding hydrogens is 266 g/mol. The highest BCUT2D eigenvalue weighted by Crippen LogP contribution is 2.13. The quantitative estimate of drug-likeness (QED) is 0.419. The predicted octanol–water partition coefficient (Wildman–Crippen LogP) is -1.12. The molecule has 0 aromatic heterocycles. The van der Waals surface area contributed by atoms with Crippen LogP contribution in [0.1, 0.15) is 19.8 Å². The van der Waals surface area contributed by atoms with Gasteiger partial charge in [-0.25, -0.2) is 0 Å². The van der Waals surface area contributed by atoms with Crippen molar-refractivity contribution in [3.05, 3.63) is 0 Å². The maximum Gasteiger partial charge on any atom is 0.109 e. The highest BCUT2D eigenvalue weighted by atomic mass is 16.5. The molecule has 0 bridgehead atoms. The molecule has 0 aromatic rings. The van der Waals surface area contributed by atoms with Crippen LogP contribution in [0.5, 0.6) is 0 Å². The zero-order chi connectivity index (χ0) is 15.2. The van der Waals surface area contributed by atoms with E-state index in [1.807, 2.05) is 0 Å². The summed E-state index contributed by atoms with van der Waals surface area (Å²) in [4.78, 5) is 0. The van der Waals surface area contributed by atoms with Crippen molar-refractivity contribution in [3.8, 4) is 0 Å². The number of rotatable bonds is 8. The molecule has 1 aliphatic heterocycles. The zero-order valence-corrected chi connectivity index (χ0v) is 12.2. The van der Waals surface area contributed by atoms with Crippen LogP contribution in [0.3, 0.4) is 0 Å². The number of aliphatic hydroxyl groups is 3. The van der Waals surface area contributed by atoms with Gasteiger partial charge in [-0.2, -0.15) is 0 Å². The fourth-order valence-electron chi connectivity index (χ4n) is 1.57. The summed E-state index contributed by atoms with van der Waals surface area (Å²) in [6.07, 6.45) is -0.775. The minimum Gasteiger partial charge on any atom is -0.394 e. The lowest BCUT2D eigenvalue weighted by Gasteiger charge is -2.30. The van der Waals surface area contributed by atoms with Crippen LogP contribution in [0.15, 0.2) is 0 Å². The topological polar surface area (TPSA) is 114 Å². The Balaban J connectivity index is 0.000000361. The van der Waals surface area contributed by atoms with E-state index >= 15 is 0 Å². The van der Waals surface area contributed by atoms with Gasteiger partial charge < -0.3 is 35.3 Å².